The molecule has 0 spiro atoms. The molecule has 1 aromatic heterocycles. The van der Waals surface area contributed by atoms with E-state index in [2.05, 4.69) is 15.3 Å². The molecule has 3 rings (SSSR count). The van der Waals surface area contributed by atoms with Crippen molar-refractivity contribution in [2.45, 2.75) is 26.2 Å². The number of nitrogens with zero attached hydrogens (tertiary/aromatic N) is 4. The fraction of sp³-hybridized carbons (Fsp3) is 0.375. The molecule has 1 aliphatic heterocycles. The molecule has 7 nitrogen and oxygen atoms in total. The van der Waals surface area contributed by atoms with Gasteiger partial charge in [-0.15, -0.1) is 0 Å². The predicted molar refractivity (Wildman–Crippen MR) is 94.2 cm³/mol. The van der Waals surface area contributed by atoms with Gasteiger partial charge in [0.2, 0.25) is 11.6 Å². The molecule has 1 saturated heterocycles. The van der Waals surface area contributed by atoms with E-state index in [1.807, 2.05) is 17.9 Å². The topological polar surface area (TPSA) is 84.2 Å². The number of piperidine rings is 1. The van der Waals surface area contributed by atoms with E-state index in [0.717, 1.165) is 37.9 Å². The summed E-state index contributed by atoms with van der Waals surface area (Å²) in [5, 5.41) is 15.3. The van der Waals surface area contributed by atoms with E-state index in [9.17, 15) is 10.1 Å². The van der Waals surface area contributed by atoms with E-state index in [1.54, 1.807) is 12.1 Å². The molecule has 2 heterocycles. The number of hydrogen-bond acceptors (Lipinski definition) is 6. The Morgan fingerprint density at radius 2 is 2.00 bits per heavy atom. The molecule has 0 unspecified atom stereocenters. The van der Waals surface area contributed by atoms with Crippen LogP contribution in [0.25, 0.3) is 0 Å². The summed E-state index contributed by atoms with van der Waals surface area (Å²) >= 11 is 6.02. The molecule has 0 aliphatic carbocycles. The van der Waals surface area contributed by atoms with Crippen LogP contribution >= 0.6 is 11.6 Å². The van der Waals surface area contributed by atoms with Crippen molar-refractivity contribution < 1.29 is 4.92 Å². The average molecular weight is 348 g/mol. The molecule has 0 atom stereocenters. The molecule has 1 N–H and O–H groups in total. The summed E-state index contributed by atoms with van der Waals surface area (Å²) in [5.41, 5.74) is 1.51. The third kappa shape index (κ3) is 3.41. The largest absolute Gasteiger partial charge is 0.353 e. The summed E-state index contributed by atoms with van der Waals surface area (Å²) in [6, 6.07) is 5.35. The van der Waals surface area contributed by atoms with Gasteiger partial charge in [0.15, 0.2) is 0 Å². The lowest BCUT2D eigenvalue weighted by Gasteiger charge is -2.27. The number of aryl methyl sites for hydroxylation is 1. The molecule has 1 aliphatic rings. The monoisotopic (exact) mass is 347 g/mol. The smallest absolute Gasteiger partial charge is 0.351 e. The molecular formula is C16H18ClN5O2. The highest BCUT2D eigenvalue weighted by Crippen LogP contribution is 2.35. The number of rotatable bonds is 4. The molecule has 24 heavy (non-hydrogen) atoms. The van der Waals surface area contributed by atoms with Crippen LogP contribution in [0.1, 0.15) is 24.8 Å². The summed E-state index contributed by atoms with van der Waals surface area (Å²) in [6.45, 7) is 3.44. The molecule has 0 radical (unpaired) electrons. The minimum atomic E-state index is -0.424. The first-order valence-corrected chi connectivity index (χ1v) is 8.21. The molecule has 1 aromatic carbocycles. The SMILES string of the molecule is Cc1ccc(Cl)cc1Nc1ncnc(N2CCCCC2)c1[N+](=O)[O-]. The van der Waals surface area contributed by atoms with Gasteiger partial charge in [0.25, 0.3) is 0 Å². The Morgan fingerprint density at radius 1 is 1.25 bits per heavy atom. The quantitative estimate of drug-likeness (QED) is 0.662. The van der Waals surface area contributed by atoms with Gasteiger partial charge in [0.05, 0.1) is 4.92 Å². The Labute approximate surface area is 144 Å². The van der Waals surface area contributed by atoms with Crippen LogP contribution in [0.2, 0.25) is 5.02 Å². The highest BCUT2D eigenvalue weighted by atomic mass is 35.5. The van der Waals surface area contributed by atoms with Crippen molar-refractivity contribution in [3.8, 4) is 0 Å². The lowest BCUT2D eigenvalue weighted by molar-refractivity contribution is -0.383. The van der Waals surface area contributed by atoms with Gasteiger partial charge >= 0.3 is 5.69 Å². The van der Waals surface area contributed by atoms with E-state index in [4.69, 9.17) is 11.6 Å². The zero-order chi connectivity index (χ0) is 17.1. The highest BCUT2D eigenvalue weighted by molar-refractivity contribution is 6.30. The van der Waals surface area contributed by atoms with E-state index in [-0.39, 0.29) is 11.5 Å². The standard InChI is InChI=1S/C16H18ClN5O2/c1-11-5-6-12(17)9-13(11)20-15-14(22(23)24)16(19-10-18-15)21-7-3-2-4-8-21/h5-6,9-10H,2-4,7-8H2,1H3,(H,18,19,20). The number of nitrogens with one attached hydrogen (secondary N) is 1. The fourth-order valence-corrected chi connectivity index (χ4v) is 2.99. The second-order valence-corrected chi connectivity index (χ2v) is 6.22. The number of halogens is 1. The van der Waals surface area contributed by atoms with Crippen LogP contribution in [-0.4, -0.2) is 28.0 Å². The molecule has 8 heteroatoms. The zero-order valence-corrected chi connectivity index (χ0v) is 14.1. The Bertz CT molecular complexity index is 762. The fourth-order valence-electron chi connectivity index (χ4n) is 2.82. The minimum Gasteiger partial charge on any atom is -0.351 e. The molecule has 0 bridgehead atoms. The van der Waals surface area contributed by atoms with E-state index in [1.165, 1.54) is 6.33 Å². The number of hydrogen-bond donors (Lipinski definition) is 1. The van der Waals surface area contributed by atoms with Gasteiger partial charge in [-0.25, -0.2) is 9.97 Å². The maximum absolute atomic E-state index is 11.7. The highest BCUT2D eigenvalue weighted by Gasteiger charge is 2.28. The third-order valence-corrected chi connectivity index (χ3v) is 4.33. The third-order valence-electron chi connectivity index (χ3n) is 4.09. The first-order chi connectivity index (χ1) is 11.6. The normalized spacial score (nSPS) is 14.5. The Kier molecular flexibility index (Phi) is 4.80. The van der Waals surface area contributed by atoms with Gasteiger partial charge in [0, 0.05) is 23.8 Å². The van der Waals surface area contributed by atoms with E-state index in [0.29, 0.717) is 16.5 Å². The number of aromatic nitrogens is 2. The Morgan fingerprint density at radius 3 is 2.71 bits per heavy atom. The van der Waals surface area contributed by atoms with Gasteiger partial charge in [-0.2, -0.15) is 0 Å². The number of benzene rings is 1. The second kappa shape index (κ2) is 7.00. The van der Waals surface area contributed by atoms with E-state index < -0.39 is 4.92 Å². The maximum Gasteiger partial charge on any atom is 0.353 e. The van der Waals surface area contributed by atoms with Crippen molar-refractivity contribution in [2.75, 3.05) is 23.3 Å². The van der Waals surface area contributed by atoms with Crippen molar-refractivity contribution in [3.05, 3.63) is 45.2 Å². The average Bonchev–Trinajstić information content (AvgIpc) is 2.58. The molecule has 0 amide bonds. The van der Waals surface area contributed by atoms with Crippen LogP contribution in [0.4, 0.5) is 23.0 Å². The maximum atomic E-state index is 11.7. The van der Waals surface area contributed by atoms with Crippen LogP contribution < -0.4 is 10.2 Å². The lowest BCUT2D eigenvalue weighted by atomic mass is 10.1. The second-order valence-electron chi connectivity index (χ2n) is 5.78. The first-order valence-electron chi connectivity index (χ1n) is 7.84. The van der Waals surface area contributed by atoms with Crippen LogP contribution in [-0.2, 0) is 0 Å². The van der Waals surface area contributed by atoms with Gasteiger partial charge < -0.3 is 10.2 Å². The minimum absolute atomic E-state index is 0.0984. The van der Waals surface area contributed by atoms with Gasteiger partial charge in [-0.1, -0.05) is 17.7 Å². The van der Waals surface area contributed by atoms with Crippen LogP contribution in [0, 0.1) is 17.0 Å². The van der Waals surface area contributed by atoms with Crippen molar-refractivity contribution >= 4 is 34.6 Å². The van der Waals surface area contributed by atoms with Crippen molar-refractivity contribution in [1.82, 2.24) is 9.97 Å². The van der Waals surface area contributed by atoms with Crippen LogP contribution in [0.5, 0.6) is 0 Å². The van der Waals surface area contributed by atoms with Crippen LogP contribution in [0.15, 0.2) is 24.5 Å². The first kappa shape index (κ1) is 16.4. The van der Waals surface area contributed by atoms with Gasteiger partial charge in [-0.3, -0.25) is 10.1 Å². The summed E-state index contributed by atoms with van der Waals surface area (Å²) < 4.78 is 0. The van der Waals surface area contributed by atoms with Gasteiger partial charge in [-0.05, 0) is 43.9 Å². The predicted octanol–water partition coefficient (Wildman–Crippen LogP) is 4.08. The molecule has 126 valence electrons. The molecule has 0 saturated carbocycles. The lowest BCUT2D eigenvalue weighted by Crippen LogP contribution is -2.31. The number of anilines is 3. The summed E-state index contributed by atoms with van der Waals surface area (Å²) in [4.78, 5) is 21.5. The number of nitro groups is 1. The molecule has 2 aromatic rings. The summed E-state index contributed by atoms with van der Waals surface area (Å²) in [5.74, 6) is 0.554. The summed E-state index contributed by atoms with van der Waals surface area (Å²) in [6.07, 6.45) is 4.52. The zero-order valence-electron chi connectivity index (χ0n) is 13.3. The van der Waals surface area contributed by atoms with Crippen molar-refractivity contribution in [2.24, 2.45) is 0 Å². The van der Waals surface area contributed by atoms with Gasteiger partial charge in [0.1, 0.15) is 6.33 Å². The molecule has 1 fully saturated rings. The van der Waals surface area contributed by atoms with Crippen molar-refractivity contribution in [3.63, 3.8) is 0 Å². The Balaban J connectivity index is 2.01. The Hall–Kier alpha value is -2.41. The van der Waals surface area contributed by atoms with Crippen LogP contribution in [0.3, 0.4) is 0 Å². The molecular weight excluding hydrogens is 330 g/mol. The van der Waals surface area contributed by atoms with Crippen molar-refractivity contribution in [1.29, 1.82) is 0 Å². The van der Waals surface area contributed by atoms with E-state index >= 15 is 0 Å². The summed E-state index contributed by atoms with van der Waals surface area (Å²) in [7, 11) is 0.